The molecule has 0 aliphatic heterocycles. The maximum Gasteiger partial charge on any atom is 0.0393 e. The van der Waals surface area contributed by atoms with Gasteiger partial charge in [0, 0.05) is 23.6 Å². The molecule has 76 valence electrons. The number of nitrogens with one attached hydrogen (secondary N) is 1. The molecule has 1 saturated carbocycles. The number of hydrogen-bond donors (Lipinski definition) is 1. The first-order valence-electron chi connectivity index (χ1n) is 5.24. The number of anilines is 1. The fourth-order valence-corrected chi connectivity index (χ4v) is 2.25. The van der Waals surface area contributed by atoms with Gasteiger partial charge in [-0.15, -0.1) is 0 Å². The van der Waals surface area contributed by atoms with Gasteiger partial charge in [-0.2, -0.15) is 0 Å². The predicted octanol–water partition coefficient (Wildman–Crippen LogP) is 2.99. The Labute approximate surface area is 85.7 Å². The highest BCUT2D eigenvalue weighted by atomic mass is 14.9. The molecule has 2 heteroatoms. The van der Waals surface area contributed by atoms with Crippen molar-refractivity contribution in [3.05, 3.63) is 24.0 Å². The normalized spacial score (nSPS) is 20.2. The van der Waals surface area contributed by atoms with Crippen LogP contribution in [-0.2, 0) is 0 Å². The van der Waals surface area contributed by atoms with E-state index >= 15 is 0 Å². The van der Waals surface area contributed by atoms with Crippen LogP contribution in [0.3, 0.4) is 0 Å². The number of hydrogen-bond acceptors (Lipinski definition) is 2. The maximum absolute atomic E-state index is 4.18. The molecule has 0 bridgehead atoms. The Morgan fingerprint density at radius 1 is 1.43 bits per heavy atom. The number of nitrogens with zero attached hydrogens (tertiary/aromatic N) is 1. The van der Waals surface area contributed by atoms with E-state index in [1.165, 1.54) is 18.5 Å². The molecule has 1 aromatic rings. The zero-order chi connectivity index (χ0) is 10.2. The van der Waals surface area contributed by atoms with Gasteiger partial charge in [-0.25, -0.2) is 0 Å². The molecule has 0 aromatic carbocycles. The van der Waals surface area contributed by atoms with E-state index in [-0.39, 0.29) is 0 Å². The van der Waals surface area contributed by atoms with Crippen LogP contribution in [0.2, 0.25) is 0 Å². The van der Waals surface area contributed by atoms with Gasteiger partial charge >= 0.3 is 0 Å². The Balaban J connectivity index is 1.93. The van der Waals surface area contributed by atoms with E-state index < -0.39 is 0 Å². The number of aryl methyl sites for hydroxylation is 1. The van der Waals surface area contributed by atoms with Crippen LogP contribution in [0.15, 0.2) is 18.3 Å². The van der Waals surface area contributed by atoms with E-state index in [1.807, 2.05) is 19.2 Å². The maximum atomic E-state index is 4.18. The second kappa shape index (κ2) is 3.26. The Kier molecular flexibility index (Phi) is 2.22. The largest absolute Gasteiger partial charge is 0.382 e. The summed E-state index contributed by atoms with van der Waals surface area (Å²) in [4.78, 5) is 4.18. The number of aromatic nitrogens is 1. The van der Waals surface area contributed by atoms with E-state index in [4.69, 9.17) is 0 Å². The van der Waals surface area contributed by atoms with Crippen molar-refractivity contribution in [3.8, 4) is 0 Å². The molecule has 0 atom stereocenters. The first-order valence-corrected chi connectivity index (χ1v) is 5.24. The molecule has 1 aliphatic rings. The molecule has 0 saturated heterocycles. The van der Waals surface area contributed by atoms with Crippen molar-refractivity contribution in [1.82, 2.24) is 4.98 Å². The summed E-state index contributed by atoms with van der Waals surface area (Å²) in [6, 6.07) is 4.80. The first-order chi connectivity index (χ1) is 6.55. The third kappa shape index (κ3) is 2.06. The van der Waals surface area contributed by atoms with Crippen molar-refractivity contribution in [2.24, 2.45) is 5.41 Å². The van der Waals surface area contributed by atoms with Gasteiger partial charge in [-0.1, -0.05) is 13.8 Å². The van der Waals surface area contributed by atoms with E-state index in [1.54, 1.807) is 0 Å². The molecule has 0 unspecified atom stereocenters. The lowest BCUT2D eigenvalue weighted by Gasteiger charge is -2.43. The van der Waals surface area contributed by atoms with Crippen molar-refractivity contribution in [2.45, 2.75) is 39.7 Å². The monoisotopic (exact) mass is 190 g/mol. The molecule has 1 aromatic heterocycles. The highest BCUT2D eigenvalue weighted by molar-refractivity contribution is 5.44. The van der Waals surface area contributed by atoms with Gasteiger partial charge in [-0.3, -0.25) is 4.98 Å². The van der Waals surface area contributed by atoms with E-state index in [0.717, 1.165) is 5.69 Å². The minimum Gasteiger partial charge on any atom is -0.382 e. The smallest absolute Gasteiger partial charge is 0.0393 e. The van der Waals surface area contributed by atoms with E-state index in [0.29, 0.717) is 11.5 Å². The third-order valence-corrected chi connectivity index (χ3v) is 2.87. The first kappa shape index (κ1) is 9.50. The fourth-order valence-electron chi connectivity index (χ4n) is 2.25. The lowest BCUT2D eigenvalue weighted by atomic mass is 9.68. The van der Waals surface area contributed by atoms with Gasteiger partial charge in [0.1, 0.15) is 0 Å². The molecule has 2 rings (SSSR count). The molecular formula is C12H18N2. The zero-order valence-corrected chi connectivity index (χ0v) is 9.17. The van der Waals surface area contributed by atoms with Crippen LogP contribution in [-0.4, -0.2) is 11.0 Å². The Morgan fingerprint density at radius 3 is 2.71 bits per heavy atom. The van der Waals surface area contributed by atoms with E-state index in [9.17, 15) is 0 Å². The van der Waals surface area contributed by atoms with Gasteiger partial charge in [0.05, 0.1) is 0 Å². The molecule has 1 aliphatic carbocycles. The topological polar surface area (TPSA) is 24.9 Å². The molecule has 1 N–H and O–H groups in total. The summed E-state index contributed by atoms with van der Waals surface area (Å²) in [7, 11) is 0. The molecule has 14 heavy (non-hydrogen) atoms. The summed E-state index contributed by atoms with van der Waals surface area (Å²) < 4.78 is 0. The number of pyridine rings is 1. The average molecular weight is 190 g/mol. The SMILES string of the molecule is Cc1cc(NC2CC(C)(C)C2)ccn1. The van der Waals surface area contributed by atoms with Gasteiger partial charge in [-0.05, 0) is 37.3 Å². The highest BCUT2D eigenvalue weighted by Crippen LogP contribution is 2.41. The third-order valence-electron chi connectivity index (χ3n) is 2.87. The Hall–Kier alpha value is -1.05. The molecule has 0 radical (unpaired) electrons. The van der Waals surface area contributed by atoms with Crippen molar-refractivity contribution in [1.29, 1.82) is 0 Å². The van der Waals surface area contributed by atoms with Crippen molar-refractivity contribution < 1.29 is 0 Å². The summed E-state index contributed by atoms with van der Waals surface area (Å²) in [6.07, 6.45) is 4.41. The second-order valence-electron chi connectivity index (χ2n) is 5.10. The highest BCUT2D eigenvalue weighted by Gasteiger charge is 2.35. The quantitative estimate of drug-likeness (QED) is 0.775. The van der Waals surface area contributed by atoms with Crippen molar-refractivity contribution >= 4 is 5.69 Å². The van der Waals surface area contributed by atoms with Crippen molar-refractivity contribution in [3.63, 3.8) is 0 Å². The number of rotatable bonds is 2. The molecular weight excluding hydrogens is 172 g/mol. The zero-order valence-electron chi connectivity index (χ0n) is 9.17. The van der Waals surface area contributed by atoms with Crippen LogP contribution in [0.4, 0.5) is 5.69 Å². The lowest BCUT2D eigenvalue weighted by Crippen LogP contribution is -2.41. The van der Waals surface area contributed by atoms with Gasteiger partial charge < -0.3 is 5.32 Å². The van der Waals surface area contributed by atoms with Gasteiger partial charge in [0.25, 0.3) is 0 Å². The van der Waals surface area contributed by atoms with Crippen LogP contribution in [0.1, 0.15) is 32.4 Å². The summed E-state index contributed by atoms with van der Waals surface area (Å²) >= 11 is 0. The summed E-state index contributed by atoms with van der Waals surface area (Å²) in [5, 5.41) is 3.53. The van der Waals surface area contributed by atoms with Crippen LogP contribution in [0.5, 0.6) is 0 Å². The van der Waals surface area contributed by atoms with Gasteiger partial charge in [0.2, 0.25) is 0 Å². The fraction of sp³-hybridized carbons (Fsp3) is 0.583. The minimum atomic E-state index is 0.541. The Morgan fingerprint density at radius 2 is 2.14 bits per heavy atom. The molecule has 0 spiro atoms. The van der Waals surface area contributed by atoms with Crippen LogP contribution < -0.4 is 5.32 Å². The summed E-state index contributed by atoms with van der Waals surface area (Å²) in [5.41, 5.74) is 2.83. The molecule has 1 heterocycles. The van der Waals surface area contributed by atoms with Crippen molar-refractivity contribution in [2.75, 3.05) is 5.32 Å². The standard InChI is InChI=1S/C12H18N2/c1-9-6-10(4-5-13-9)14-11-7-12(2,3)8-11/h4-6,11H,7-8H2,1-3H3,(H,13,14). The van der Waals surface area contributed by atoms with Gasteiger partial charge in [0.15, 0.2) is 0 Å². The molecule has 2 nitrogen and oxygen atoms in total. The predicted molar refractivity (Wildman–Crippen MR) is 59.4 cm³/mol. The average Bonchev–Trinajstić information content (AvgIpc) is 2.00. The summed E-state index contributed by atoms with van der Waals surface area (Å²) in [5.74, 6) is 0. The van der Waals surface area contributed by atoms with Crippen LogP contribution in [0.25, 0.3) is 0 Å². The van der Waals surface area contributed by atoms with Crippen LogP contribution >= 0.6 is 0 Å². The molecule has 0 amide bonds. The van der Waals surface area contributed by atoms with Crippen LogP contribution in [0, 0.1) is 12.3 Å². The second-order valence-corrected chi connectivity index (χ2v) is 5.10. The van der Waals surface area contributed by atoms with E-state index in [2.05, 4.69) is 30.2 Å². The molecule has 1 fully saturated rings. The summed E-state index contributed by atoms with van der Waals surface area (Å²) in [6.45, 7) is 6.67. The minimum absolute atomic E-state index is 0.541. The Bertz CT molecular complexity index is 323. The lowest BCUT2D eigenvalue weighted by molar-refractivity contribution is 0.167.